The quantitative estimate of drug-likeness (QED) is 0.116. The van der Waals surface area contributed by atoms with Crippen LogP contribution in [0.2, 0.25) is 0 Å². The van der Waals surface area contributed by atoms with E-state index in [1.165, 1.54) is 11.8 Å². The zero-order valence-corrected chi connectivity index (χ0v) is 39.4. The Morgan fingerprint density at radius 3 is 1.49 bits per heavy atom. The van der Waals surface area contributed by atoms with Crippen LogP contribution in [0.25, 0.3) is 78.5 Å². The molecule has 0 fully saturated rings. The van der Waals surface area contributed by atoms with E-state index in [-0.39, 0.29) is 5.69 Å². The predicted molar refractivity (Wildman–Crippen MR) is 256 cm³/mol. The van der Waals surface area contributed by atoms with Crippen LogP contribution in [0.3, 0.4) is 0 Å². The van der Waals surface area contributed by atoms with Crippen molar-refractivity contribution in [3.8, 4) is 56.4 Å². The van der Waals surface area contributed by atoms with Crippen LogP contribution in [0, 0.1) is 41.5 Å². The molecule has 338 valence electrons. The van der Waals surface area contributed by atoms with Gasteiger partial charge in [0.1, 0.15) is 22.8 Å². The van der Waals surface area contributed by atoms with Gasteiger partial charge in [-0.15, -0.1) is 0 Å². The average Bonchev–Trinajstić information content (AvgIpc) is 4.10. The summed E-state index contributed by atoms with van der Waals surface area (Å²) in [6.45, 7) is 11.6. The van der Waals surface area contributed by atoms with Gasteiger partial charge in [-0.3, -0.25) is 0 Å². The molecular weight excluding hydrogens is 913 g/mol. The lowest BCUT2D eigenvalue weighted by Gasteiger charge is -2.06. The Kier molecular flexibility index (Phi) is 14.8. The number of benzene rings is 2. The highest BCUT2D eigenvalue weighted by Gasteiger charge is 2.21. The minimum absolute atomic E-state index is 0.378. The molecule has 0 atom stereocenters. The molecule has 0 bridgehead atoms. The molecule has 0 spiro atoms. The molecule has 0 aliphatic carbocycles. The molecule has 1 N–H and O–H groups in total. The maximum atomic E-state index is 11.9. The maximum Gasteiger partial charge on any atom is 0.345 e. The SMILES string of the molecule is CSc1ncc(C)c(-c2cn(-c3ccccc3)c3nc(-c4c(C)noc4C)ccc23)n1.Cc1cnc(=O)[nH]c1-c1cn(-c2ccccc2)c2nc(-c3c(C)noc3C)ccc12.O=S=O.O=S=O. The fraction of sp³-hybridized carbons (Fsp3) is 0.149. The van der Waals surface area contributed by atoms with E-state index in [1.54, 1.807) is 6.20 Å². The molecule has 0 saturated heterocycles. The Hall–Kier alpha value is -7.81. The molecule has 17 nitrogen and oxygen atoms in total. The zero-order valence-electron chi connectivity index (χ0n) is 37.0. The van der Waals surface area contributed by atoms with E-state index in [2.05, 4.69) is 54.2 Å². The zero-order chi connectivity index (χ0) is 47.8. The lowest BCUT2D eigenvalue weighted by atomic mass is 10.1. The highest BCUT2D eigenvalue weighted by atomic mass is 32.2. The fourth-order valence-corrected chi connectivity index (χ4v) is 8.01. The number of nitrogens with one attached hydrogen (secondary N) is 1. The van der Waals surface area contributed by atoms with Gasteiger partial charge in [-0.2, -0.15) is 16.8 Å². The molecule has 10 aromatic rings. The summed E-state index contributed by atoms with van der Waals surface area (Å²) >= 11 is 0.0368. The van der Waals surface area contributed by atoms with Gasteiger partial charge in [-0.05, 0) is 107 Å². The van der Waals surface area contributed by atoms with Gasteiger partial charge in [0.05, 0.1) is 45.3 Å². The third-order valence-corrected chi connectivity index (χ3v) is 11.2. The molecule has 20 heteroatoms. The molecule has 0 saturated carbocycles. The highest BCUT2D eigenvalue weighted by molar-refractivity contribution is 7.98. The van der Waals surface area contributed by atoms with Crippen molar-refractivity contribution in [2.75, 3.05) is 6.26 Å². The van der Waals surface area contributed by atoms with Crippen molar-refractivity contribution in [1.82, 2.24) is 49.4 Å². The molecule has 0 unspecified atom stereocenters. The summed E-state index contributed by atoms with van der Waals surface area (Å²) in [6.07, 6.45) is 9.57. The van der Waals surface area contributed by atoms with Crippen molar-refractivity contribution in [2.45, 2.75) is 46.7 Å². The predicted octanol–water partition coefficient (Wildman–Crippen LogP) is 8.80. The molecule has 2 aromatic carbocycles. The minimum Gasteiger partial charge on any atom is -0.361 e. The van der Waals surface area contributed by atoms with E-state index in [9.17, 15) is 4.79 Å². The first-order chi connectivity index (χ1) is 32.4. The van der Waals surface area contributed by atoms with Crippen LogP contribution in [0.1, 0.15) is 34.0 Å². The smallest absolute Gasteiger partial charge is 0.345 e. The van der Waals surface area contributed by atoms with Gasteiger partial charge in [-0.1, -0.05) is 58.5 Å². The Morgan fingerprint density at radius 2 is 1.03 bits per heavy atom. The van der Waals surface area contributed by atoms with Crippen LogP contribution < -0.4 is 5.69 Å². The summed E-state index contributed by atoms with van der Waals surface area (Å²) in [5.41, 5.74) is 13.9. The standard InChI is InChI=1S/C24H21N5OS.C23H19N5O2.2O2S/c1-14-12-25-24(31-4)27-22(14)19-13-29(17-8-6-5-7-9-17)23-18(19)10-11-20(26-23)21-15(2)28-30-16(21)3;1-13-11-24-23(29)26-21(13)18-12-28(16-7-5-4-6-8-16)22-17(18)9-10-19(25-22)20-14(2)27-30-15(20)3;2*1-3-2/h5-13H,1-4H3;4-12H,1-3H3,(H,24,26,29);;. The second-order valence-electron chi connectivity index (χ2n) is 14.8. The van der Waals surface area contributed by atoms with Gasteiger partial charge in [0.25, 0.3) is 0 Å². The number of H-pyrrole nitrogens is 1. The van der Waals surface area contributed by atoms with Crippen LogP contribution in [-0.2, 0) is 23.1 Å². The topological polar surface area (TPSA) is 228 Å². The molecule has 8 heterocycles. The number of pyridine rings is 2. The van der Waals surface area contributed by atoms with Crippen molar-refractivity contribution in [2.24, 2.45) is 0 Å². The number of nitrogens with zero attached hydrogens (tertiary/aromatic N) is 9. The first kappa shape index (κ1) is 47.2. The van der Waals surface area contributed by atoms with Crippen molar-refractivity contribution >= 4 is 57.0 Å². The monoisotopic (exact) mass is 952 g/mol. The van der Waals surface area contributed by atoms with E-state index in [0.717, 1.165) is 118 Å². The van der Waals surface area contributed by atoms with Gasteiger partial charge in [0.2, 0.25) is 0 Å². The van der Waals surface area contributed by atoms with Gasteiger partial charge in [0.15, 0.2) is 5.16 Å². The van der Waals surface area contributed by atoms with Crippen molar-refractivity contribution in [3.05, 3.63) is 154 Å². The minimum atomic E-state index is -0.750. The lowest BCUT2D eigenvalue weighted by Crippen LogP contribution is -2.11. The third kappa shape index (κ3) is 9.91. The molecule has 0 aliphatic rings. The van der Waals surface area contributed by atoms with Gasteiger partial charge in [0, 0.05) is 58.1 Å². The van der Waals surface area contributed by atoms with Crippen LogP contribution in [0.15, 0.2) is 129 Å². The molecule has 8 aromatic heterocycles. The normalized spacial score (nSPS) is 10.7. The second-order valence-corrected chi connectivity index (χ2v) is 15.8. The number of hydrogen-bond donors (Lipinski definition) is 1. The number of hydrogen-bond acceptors (Lipinski definition) is 15. The fourth-order valence-electron chi connectivity index (χ4n) is 7.67. The molecular formula is C47H40N10O7S3. The number of rotatable bonds is 7. The molecule has 10 rings (SSSR count). The number of aromatic nitrogens is 10. The number of thioether (sulfide) groups is 1. The average molecular weight is 953 g/mol. The van der Waals surface area contributed by atoms with Crippen molar-refractivity contribution < 1.29 is 25.9 Å². The first-order valence-corrected chi connectivity index (χ1v) is 22.8. The number of para-hydroxylation sites is 2. The highest BCUT2D eigenvalue weighted by Crippen LogP contribution is 2.37. The van der Waals surface area contributed by atoms with Gasteiger partial charge in [-0.25, -0.2) is 29.7 Å². The molecule has 67 heavy (non-hydrogen) atoms. The summed E-state index contributed by atoms with van der Waals surface area (Å²) in [6, 6.07) is 28.3. The largest absolute Gasteiger partial charge is 0.361 e. The van der Waals surface area contributed by atoms with Crippen LogP contribution >= 0.6 is 11.8 Å². The van der Waals surface area contributed by atoms with E-state index >= 15 is 0 Å². The molecule has 0 radical (unpaired) electrons. The summed E-state index contributed by atoms with van der Waals surface area (Å²) in [5, 5.41) is 10.9. The number of fused-ring (bicyclic) bond motifs is 2. The van der Waals surface area contributed by atoms with E-state index < -0.39 is 23.1 Å². The van der Waals surface area contributed by atoms with Crippen LogP contribution in [-0.4, -0.2) is 72.4 Å². The van der Waals surface area contributed by atoms with Crippen molar-refractivity contribution in [3.63, 3.8) is 0 Å². The first-order valence-electron chi connectivity index (χ1n) is 20.2. The summed E-state index contributed by atoms with van der Waals surface area (Å²) < 4.78 is 48.0. The molecule has 0 amide bonds. The molecule has 0 aliphatic heterocycles. The van der Waals surface area contributed by atoms with Crippen LogP contribution in [0.5, 0.6) is 0 Å². The van der Waals surface area contributed by atoms with Gasteiger partial charge < -0.3 is 23.2 Å². The number of aryl methyl sites for hydroxylation is 6. The second kappa shape index (κ2) is 21.0. The summed E-state index contributed by atoms with van der Waals surface area (Å²) in [5.74, 6) is 1.49. The lowest BCUT2D eigenvalue weighted by molar-refractivity contribution is 0.393. The Bertz CT molecular complexity index is 3470. The van der Waals surface area contributed by atoms with E-state index in [1.807, 2.05) is 131 Å². The maximum absolute atomic E-state index is 11.9. The summed E-state index contributed by atoms with van der Waals surface area (Å²) in [7, 11) is 0. The Morgan fingerprint density at radius 1 is 0.567 bits per heavy atom. The van der Waals surface area contributed by atoms with E-state index in [0.29, 0.717) is 0 Å². The number of aromatic amines is 1. The van der Waals surface area contributed by atoms with E-state index in [4.69, 9.17) is 40.8 Å². The third-order valence-electron chi connectivity index (χ3n) is 10.6. The Balaban J connectivity index is 0.000000178. The van der Waals surface area contributed by atoms with Gasteiger partial charge >= 0.3 is 28.8 Å². The van der Waals surface area contributed by atoms with Crippen molar-refractivity contribution in [1.29, 1.82) is 0 Å². The summed E-state index contributed by atoms with van der Waals surface area (Å²) in [4.78, 5) is 37.8. The Labute approximate surface area is 394 Å². The van der Waals surface area contributed by atoms with Crippen LogP contribution in [0.4, 0.5) is 0 Å².